The van der Waals surface area contributed by atoms with Crippen molar-refractivity contribution in [3.8, 4) is 16.9 Å². The maximum Gasteiger partial charge on any atom is 0.308 e. The van der Waals surface area contributed by atoms with Crippen LogP contribution in [-0.2, 0) is 11.2 Å². The van der Waals surface area contributed by atoms with Crippen molar-refractivity contribution >= 4 is 17.3 Å². The van der Waals surface area contributed by atoms with Crippen molar-refractivity contribution < 1.29 is 15.0 Å². The number of carboxylic acid groups (broad SMARTS) is 1. The van der Waals surface area contributed by atoms with Crippen LogP contribution in [0.15, 0.2) is 35.7 Å². The molecule has 2 rings (SSSR count). The van der Waals surface area contributed by atoms with E-state index >= 15 is 0 Å². The summed E-state index contributed by atoms with van der Waals surface area (Å²) in [5.41, 5.74) is 1.96. The van der Waals surface area contributed by atoms with E-state index in [1.807, 2.05) is 37.4 Å². The molecule has 0 saturated heterocycles. The number of hydrogen-bond donors (Lipinski definition) is 2. The first kappa shape index (κ1) is 14.3. The van der Waals surface area contributed by atoms with E-state index in [-0.39, 0.29) is 12.2 Å². The van der Waals surface area contributed by atoms with Gasteiger partial charge in [0, 0.05) is 4.88 Å². The number of hydrogen-bond acceptors (Lipinski definition) is 3. The lowest BCUT2D eigenvalue weighted by molar-refractivity contribution is -0.136. The van der Waals surface area contributed by atoms with Gasteiger partial charge in [0.2, 0.25) is 0 Å². The summed E-state index contributed by atoms with van der Waals surface area (Å²) in [6, 6.07) is 8.71. The van der Waals surface area contributed by atoms with Crippen molar-refractivity contribution in [3.05, 3.63) is 40.6 Å². The average molecular weight is 264 g/mol. The second-order valence-corrected chi connectivity index (χ2v) is 4.41. The van der Waals surface area contributed by atoms with Crippen LogP contribution in [0.3, 0.4) is 0 Å². The third-order valence-electron chi connectivity index (χ3n) is 2.18. The largest absolute Gasteiger partial charge is 0.508 e. The molecule has 0 radical (unpaired) electrons. The lowest BCUT2D eigenvalue weighted by Crippen LogP contribution is -1.97. The molecule has 2 N–H and O–H groups in total. The monoisotopic (exact) mass is 264 g/mol. The van der Waals surface area contributed by atoms with Crippen LogP contribution in [0.2, 0.25) is 0 Å². The molecule has 0 spiro atoms. The zero-order valence-corrected chi connectivity index (χ0v) is 11.2. The topological polar surface area (TPSA) is 57.5 Å². The number of carboxylic acids is 1. The Morgan fingerprint density at radius 2 is 1.78 bits per heavy atom. The molecule has 2 aromatic rings. The molecular formula is C14H16O3S. The highest BCUT2D eigenvalue weighted by atomic mass is 32.1. The maximum absolute atomic E-state index is 10.5. The van der Waals surface area contributed by atoms with Crippen LogP contribution in [0.25, 0.3) is 11.1 Å². The van der Waals surface area contributed by atoms with E-state index in [1.54, 1.807) is 12.1 Å². The predicted octanol–water partition coefficient (Wildman–Crippen LogP) is 3.77. The molecule has 0 aliphatic heterocycles. The molecule has 1 aromatic heterocycles. The molecule has 0 bridgehead atoms. The van der Waals surface area contributed by atoms with Gasteiger partial charge in [-0.1, -0.05) is 26.0 Å². The zero-order valence-electron chi connectivity index (χ0n) is 10.4. The fraction of sp³-hybridized carbons (Fsp3) is 0.214. The Morgan fingerprint density at radius 1 is 1.17 bits per heavy atom. The van der Waals surface area contributed by atoms with Gasteiger partial charge in [-0.05, 0) is 34.7 Å². The predicted molar refractivity (Wildman–Crippen MR) is 74.1 cm³/mol. The van der Waals surface area contributed by atoms with E-state index < -0.39 is 5.97 Å². The summed E-state index contributed by atoms with van der Waals surface area (Å²) in [4.78, 5) is 11.4. The Labute approximate surface area is 110 Å². The summed E-state index contributed by atoms with van der Waals surface area (Å²) in [6.45, 7) is 4.00. The van der Waals surface area contributed by atoms with E-state index in [0.29, 0.717) is 0 Å². The number of phenols is 1. The smallest absolute Gasteiger partial charge is 0.308 e. The van der Waals surface area contributed by atoms with E-state index in [4.69, 9.17) is 10.2 Å². The minimum atomic E-state index is -0.820. The second-order valence-electron chi connectivity index (χ2n) is 3.42. The van der Waals surface area contributed by atoms with E-state index in [9.17, 15) is 4.79 Å². The van der Waals surface area contributed by atoms with Crippen molar-refractivity contribution in [3.63, 3.8) is 0 Å². The number of aromatic hydroxyl groups is 1. The lowest BCUT2D eigenvalue weighted by Gasteiger charge is -1.97. The minimum absolute atomic E-state index is 0.0583. The molecule has 0 aliphatic rings. The van der Waals surface area contributed by atoms with Gasteiger partial charge in [-0.3, -0.25) is 4.79 Å². The number of carbonyl (C=O) groups is 1. The van der Waals surface area contributed by atoms with Gasteiger partial charge in [0.15, 0.2) is 0 Å². The Kier molecular flexibility index (Phi) is 5.39. The minimum Gasteiger partial charge on any atom is -0.508 e. The van der Waals surface area contributed by atoms with Gasteiger partial charge in [0.25, 0.3) is 0 Å². The van der Waals surface area contributed by atoms with Crippen LogP contribution in [0.1, 0.15) is 18.7 Å². The van der Waals surface area contributed by atoms with Gasteiger partial charge in [-0.25, -0.2) is 0 Å². The van der Waals surface area contributed by atoms with Crippen molar-refractivity contribution in [2.45, 2.75) is 20.3 Å². The van der Waals surface area contributed by atoms with Gasteiger partial charge in [0.1, 0.15) is 5.75 Å². The number of aliphatic carboxylic acids is 1. The highest BCUT2D eigenvalue weighted by Crippen LogP contribution is 2.27. The van der Waals surface area contributed by atoms with Crippen LogP contribution < -0.4 is 0 Å². The Morgan fingerprint density at radius 3 is 2.33 bits per heavy atom. The summed E-state index contributed by atoms with van der Waals surface area (Å²) >= 11 is 1.43. The van der Waals surface area contributed by atoms with Crippen LogP contribution in [-0.4, -0.2) is 16.2 Å². The Hall–Kier alpha value is -1.81. The van der Waals surface area contributed by atoms with Gasteiger partial charge < -0.3 is 10.2 Å². The standard InChI is InChI=1S/C12H10O3S.C2H6/c13-10-3-1-8(2-4-10)9-5-11(16-7-9)6-12(14)15;1-2/h1-5,7,13H,6H2,(H,14,15);1-2H3. The molecule has 0 unspecified atom stereocenters. The van der Waals surface area contributed by atoms with Gasteiger partial charge in [-0.2, -0.15) is 0 Å². The summed E-state index contributed by atoms with van der Waals surface area (Å²) in [7, 11) is 0. The quantitative estimate of drug-likeness (QED) is 0.887. The molecular weight excluding hydrogens is 248 g/mol. The van der Waals surface area contributed by atoms with Crippen molar-refractivity contribution in [1.29, 1.82) is 0 Å². The number of rotatable bonds is 3. The van der Waals surface area contributed by atoms with E-state index in [1.165, 1.54) is 11.3 Å². The molecule has 96 valence electrons. The number of thiophene rings is 1. The van der Waals surface area contributed by atoms with Crippen molar-refractivity contribution in [1.82, 2.24) is 0 Å². The molecule has 4 heteroatoms. The third-order valence-corrected chi connectivity index (χ3v) is 3.12. The van der Waals surface area contributed by atoms with Crippen LogP contribution in [0, 0.1) is 0 Å². The molecule has 0 amide bonds. The second kappa shape index (κ2) is 6.81. The van der Waals surface area contributed by atoms with E-state index in [2.05, 4.69) is 0 Å². The molecule has 0 saturated carbocycles. The van der Waals surface area contributed by atoms with Crippen LogP contribution in [0.5, 0.6) is 5.75 Å². The first-order valence-corrected chi connectivity index (χ1v) is 6.62. The van der Waals surface area contributed by atoms with Gasteiger partial charge >= 0.3 is 5.97 Å². The van der Waals surface area contributed by atoms with Crippen LogP contribution in [0.4, 0.5) is 0 Å². The zero-order chi connectivity index (χ0) is 13.5. The van der Waals surface area contributed by atoms with Gasteiger partial charge in [-0.15, -0.1) is 11.3 Å². The third kappa shape index (κ3) is 3.89. The highest BCUT2D eigenvalue weighted by Gasteiger charge is 2.05. The normalized spacial score (nSPS) is 9.44. The molecule has 1 aromatic carbocycles. The number of phenolic OH excluding ortho intramolecular Hbond substituents is 1. The summed E-state index contributed by atoms with van der Waals surface area (Å²) < 4.78 is 0. The average Bonchev–Trinajstić information content (AvgIpc) is 2.80. The number of benzene rings is 1. The highest BCUT2D eigenvalue weighted by molar-refractivity contribution is 7.10. The van der Waals surface area contributed by atoms with Crippen molar-refractivity contribution in [2.75, 3.05) is 0 Å². The summed E-state index contributed by atoms with van der Waals surface area (Å²) in [6.07, 6.45) is 0.0583. The summed E-state index contributed by atoms with van der Waals surface area (Å²) in [5.74, 6) is -0.594. The molecule has 0 aliphatic carbocycles. The molecule has 1 heterocycles. The fourth-order valence-electron chi connectivity index (χ4n) is 1.43. The van der Waals surface area contributed by atoms with Gasteiger partial charge in [0.05, 0.1) is 6.42 Å². The molecule has 18 heavy (non-hydrogen) atoms. The molecule has 3 nitrogen and oxygen atoms in total. The SMILES string of the molecule is CC.O=C(O)Cc1cc(-c2ccc(O)cc2)cs1. The molecule has 0 atom stereocenters. The Bertz CT molecular complexity index is 500. The summed E-state index contributed by atoms with van der Waals surface area (Å²) in [5, 5.41) is 19.7. The van der Waals surface area contributed by atoms with Crippen molar-refractivity contribution in [2.24, 2.45) is 0 Å². The first-order valence-electron chi connectivity index (χ1n) is 5.74. The Balaban J connectivity index is 0.000000771. The van der Waals surface area contributed by atoms with E-state index in [0.717, 1.165) is 16.0 Å². The maximum atomic E-state index is 10.5. The lowest BCUT2D eigenvalue weighted by atomic mass is 10.1. The first-order chi connectivity index (χ1) is 8.65. The van der Waals surface area contributed by atoms with Crippen LogP contribution >= 0.6 is 11.3 Å². The fourth-order valence-corrected chi connectivity index (χ4v) is 2.31. The molecule has 0 fully saturated rings.